The van der Waals surface area contributed by atoms with Gasteiger partial charge in [0.25, 0.3) is 0 Å². The first-order valence-corrected chi connectivity index (χ1v) is 8.71. The van der Waals surface area contributed by atoms with Gasteiger partial charge in [-0.15, -0.1) is 0 Å². The third-order valence-electron chi connectivity index (χ3n) is 3.86. The maximum atomic E-state index is 12.8. The first-order valence-electron chi connectivity index (χ1n) is 7.00. The number of hydrogen-bond acceptors (Lipinski definition) is 4. The minimum Gasteiger partial charge on any atom is -0.387 e. The lowest BCUT2D eigenvalue weighted by Crippen LogP contribution is -2.39. The first kappa shape index (κ1) is 16.4. The molecule has 2 rings (SSSR count). The van der Waals surface area contributed by atoms with Gasteiger partial charge in [0.05, 0.1) is 11.9 Å². The predicted octanol–water partition coefficient (Wildman–Crippen LogP) is 0.860. The SMILES string of the molecule is NS(=O)(=O)CC1CCN(CC(O)c2ccc(F)cc2)CC1. The lowest BCUT2D eigenvalue weighted by atomic mass is 9.98. The summed E-state index contributed by atoms with van der Waals surface area (Å²) in [7, 11) is -3.41. The number of β-amino-alcohol motifs (C(OH)–C–C–N with tert-alkyl or cyclic N) is 1. The summed E-state index contributed by atoms with van der Waals surface area (Å²) in [6.45, 7) is 1.94. The zero-order valence-corrected chi connectivity index (χ0v) is 12.6. The molecule has 0 radical (unpaired) electrons. The first-order chi connectivity index (χ1) is 9.83. The number of benzene rings is 1. The lowest BCUT2D eigenvalue weighted by Gasteiger charge is -2.32. The van der Waals surface area contributed by atoms with Crippen molar-refractivity contribution in [3.05, 3.63) is 35.6 Å². The molecule has 0 aliphatic carbocycles. The molecule has 0 amide bonds. The van der Waals surface area contributed by atoms with Crippen molar-refractivity contribution in [2.75, 3.05) is 25.4 Å². The van der Waals surface area contributed by atoms with Crippen LogP contribution in [0.15, 0.2) is 24.3 Å². The van der Waals surface area contributed by atoms with Crippen LogP contribution in [0.3, 0.4) is 0 Å². The highest BCUT2D eigenvalue weighted by Gasteiger charge is 2.24. The third-order valence-corrected chi connectivity index (χ3v) is 4.80. The summed E-state index contributed by atoms with van der Waals surface area (Å²) >= 11 is 0. The summed E-state index contributed by atoms with van der Waals surface area (Å²) in [5, 5.41) is 15.2. The molecule has 0 bridgehead atoms. The molecule has 5 nitrogen and oxygen atoms in total. The van der Waals surface area contributed by atoms with Gasteiger partial charge in [0.15, 0.2) is 0 Å². The Morgan fingerprint density at radius 3 is 2.38 bits per heavy atom. The van der Waals surface area contributed by atoms with Crippen LogP contribution in [0.4, 0.5) is 4.39 Å². The van der Waals surface area contributed by atoms with E-state index >= 15 is 0 Å². The monoisotopic (exact) mass is 316 g/mol. The maximum Gasteiger partial charge on any atom is 0.209 e. The number of primary sulfonamides is 1. The van der Waals surface area contributed by atoms with Crippen LogP contribution in [-0.4, -0.2) is 43.8 Å². The number of nitrogens with zero attached hydrogens (tertiary/aromatic N) is 1. The van der Waals surface area contributed by atoms with Crippen LogP contribution in [-0.2, 0) is 10.0 Å². The number of aliphatic hydroxyl groups excluding tert-OH is 1. The van der Waals surface area contributed by atoms with E-state index in [9.17, 15) is 17.9 Å². The minimum absolute atomic E-state index is 0.0291. The van der Waals surface area contributed by atoms with E-state index < -0.39 is 16.1 Å². The van der Waals surface area contributed by atoms with Crippen LogP contribution in [0.2, 0.25) is 0 Å². The number of nitrogens with two attached hydrogens (primary N) is 1. The molecule has 1 atom stereocenters. The zero-order chi connectivity index (χ0) is 15.5. The molecular weight excluding hydrogens is 295 g/mol. The quantitative estimate of drug-likeness (QED) is 0.844. The number of aliphatic hydroxyl groups is 1. The summed E-state index contributed by atoms with van der Waals surface area (Å²) in [5.74, 6) is -0.199. The van der Waals surface area contributed by atoms with Crippen molar-refractivity contribution < 1.29 is 17.9 Å². The molecule has 21 heavy (non-hydrogen) atoms. The molecule has 7 heteroatoms. The van der Waals surface area contributed by atoms with E-state index in [2.05, 4.69) is 4.90 Å². The molecule has 1 fully saturated rings. The van der Waals surface area contributed by atoms with E-state index in [1.54, 1.807) is 12.1 Å². The van der Waals surface area contributed by atoms with Gasteiger partial charge in [-0.05, 0) is 49.5 Å². The Bertz CT molecular complexity index is 554. The van der Waals surface area contributed by atoms with Crippen molar-refractivity contribution in [3.8, 4) is 0 Å². The highest BCUT2D eigenvalue weighted by atomic mass is 32.2. The van der Waals surface area contributed by atoms with Gasteiger partial charge in [0.1, 0.15) is 5.82 Å². The van der Waals surface area contributed by atoms with Crippen LogP contribution in [0.25, 0.3) is 0 Å². The van der Waals surface area contributed by atoms with Crippen molar-refractivity contribution >= 4 is 10.0 Å². The fraction of sp³-hybridized carbons (Fsp3) is 0.571. The average molecular weight is 316 g/mol. The molecule has 1 aliphatic heterocycles. The number of piperidine rings is 1. The molecule has 1 aliphatic rings. The van der Waals surface area contributed by atoms with Crippen LogP contribution < -0.4 is 5.14 Å². The largest absolute Gasteiger partial charge is 0.387 e. The highest BCUT2D eigenvalue weighted by Crippen LogP contribution is 2.21. The fourth-order valence-electron chi connectivity index (χ4n) is 2.70. The smallest absolute Gasteiger partial charge is 0.209 e. The molecule has 0 saturated carbocycles. The van der Waals surface area contributed by atoms with Crippen molar-refractivity contribution in [1.29, 1.82) is 0 Å². The van der Waals surface area contributed by atoms with E-state index in [0.29, 0.717) is 12.1 Å². The summed E-state index contributed by atoms with van der Waals surface area (Å²) in [4.78, 5) is 2.09. The van der Waals surface area contributed by atoms with Gasteiger partial charge >= 0.3 is 0 Å². The molecule has 1 heterocycles. The predicted molar refractivity (Wildman–Crippen MR) is 78.5 cm³/mol. The summed E-state index contributed by atoms with van der Waals surface area (Å²) in [6.07, 6.45) is 0.847. The number of likely N-dealkylation sites (tertiary alicyclic amines) is 1. The zero-order valence-electron chi connectivity index (χ0n) is 11.8. The Hall–Kier alpha value is -1.02. The Kier molecular flexibility index (Phi) is 5.32. The molecular formula is C14H21FN2O3S. The Balaban J connectivity index is 1.82. The van der Waals surface area contributed by atoms with Gasteiger partial charge in [0, 0.05) is 6.54 Å². The molecule has 1 aromatic carbocycles. The molecule has 3 N–H and O–H groups in total. The van der Waals surface area contributed by atoms with E-state index in [0.717, 1.165) is 25.9 Å². The van der Waals surface area contributed by atoms with Crippen molar-refractivity contribution in [1.82, 2.24) is 4.90 Å². The van der Waals surface area contributed by atoms with Gasteiger partial charge < -0.3 is 10.0 Å². The number of hydrogen-bond donors (Lipinski definition) is 2. The minimum atomic E-state index is -3.41. The number of sulfonamides is 1. The van der Waals surface area contributed by atoms with Gasteiger partial charge in [-0.3, -0.25) is 0 Å². The molecule has 1 saturated heterocycles. The van der Waals surface area contributed by atoms with Crippen LogP contribution in [0.5, 0.6) is 0 Å². The Morgan fingerprint density at radius 1 is 1.29 bits per heavy atom. The van der Waals surface area contributed by atoms with E-state index in [-0.39, 0.29) is 17.5 Å². The molecule has 118 valence electrons. The lowest BCUT2D eigenvalue weighted by molar-refractivity contribution is 0.0919. The van der Waals surface area contributed by atoms with E-state index in [1.165, 1.54) is 12.1 Å². The second-order valence-corrected chi connectivity index (χ2v) is 7.30. The summed E-state index contributed by atoms with van der Waals surface area (Å²) < 4.78 is 35.0. The van der Waals surface area contributed by atoms with E-state index in [4.69, 9.17) is 5.14 Å². The van der Waals surface area contributed by atoms with Crippen LogP contribution in [0, 0.1) is 11.7 Å². The molecule has 1 aromatic rings. The molecule has 0 aromatic heterocycles. The summed E-state index contributed by atoms with van der Waals surface area (Å²) in [6, 6.07) is 5.81. The standard InChI is InChI=1S/C14H21FN2O3S/c15-13-3-1-12(2-4-13)14(18)9-17-7-5-11(6-8-17)10-21(16,19)20/h1-4,11,14,18H,5-10H2,(H2,16,19,20). The van der Waals surface area contributed by atoms with Crippen LogP contribution in [0.1, 0.15) is 24.5 Å². The Morgan fingerprint density at radius 2 is 1.86 bits per heavy atom. The van der Waals surface area contributed by atoms with E-state index in [1.807, 2.05) is 0 Å². The van der Waals surface area contributed by atoms with Crippen molar-refractivity contribution in [2.24, 2.45) is 11.1 Å². The fourth-order valence-corrected chi connectivity index (χ4v) is 3.69. The molecule has 0 spiro atoms. The second-order valence-electron chi connectivity index (χ2n) is 5.64. The van der Waals surface area contributed by atoms with Crippen LogP contribution >= 0.6 is 0 Å². The number of halogens is 1. The topological polar surface area (TPSA) is 83.6 Å². The third kappa shape index (κ3) is 5.35. The number of rotatable bonds is 5. The van der Waals surface area contributed by atoms with Crippen molar-refractivity contribution in [3.63, 3.8) is 0 Å². The van der Waals surface area contributed by atoms with Gasteiger partial charge in [0.2, 0.25) is 10.0 Å². The van der Waals surface area contributed by atoms with Crippen molar-refractivity contribution in [2.45, 2.75) is 18.9 Å². The second kappa shape index (κ2) is 6.83. The maximum absolute atomic E-state index is 12.8. The van der Waals surface area contributed by atoms with Gasteiger partial charge in [-0.1, -0.05) is 12.1 Å². The van der Waals surface area contributed by atoms with Gasteiger partial charge in [-0.25, -0.2) is 17.9 Å². The normalized spacial score (nSPS) is 19.6. The average Bonchev–Trinajstić information content (AvgIpc) is 2.40. The Labute approximate surface area is 124 Å². The van der Waals surface area contributed by atoms with Gasteiger partial charge in [-0.2, -0.15) is 0 Å². The summed E-state index contributed by atoms with van der Waals surface area (Å²) in [5.41, 5.74) is 0.683. The molecule has 1 unspecified atom stereocenters. The highest BCUT2D eigenvalue weighted by molar-refractivity contribution is 7.89.